The molecule has 0 atom stereocenters. The van der Waals surface area contributed by atoms with Gasteiger partial charge in [0.05, 0.1) is 10.4 Å². The van der Waals surface area contributed by atoms with Gasteiger partial charge in [-0.2, -0.15) is 0 Å². The average Bonchev–Trinajstić information content (AvgIpc) is 3.12. The number of nitro benzene ring substituents is 1. The molecule has 27 heavy (non-hydrogen) atoms. The van der Waals surface area contributed by atoms with E-state index in [1.54, 1.807) is 0 Å². The fourth-order valence-electron chi connectivity index (χ4n) is 3.04. The van der Waals surface area contributed by atoms with E-state index in [1.807, 2.05) is 30.0 Å². The van der Waals surface area contributed by atoms with Crippen molar-refractivity contribution in [1.29, 1.82) is 0 Å². The Labute approximate surface area is 159 Å². The number of anilines is 1. The summed E-state index contributed by atoms with van der Waals surface area (Å²) in [4.78, 5) is 21.3. The maximum Gasteiger partial charge on any atom is 0.288 e. The second-order valence-corrected chi connectivity index (χ2v) is 6.38. The number of benzene rings is 2. The van der Waals surface area contributed by atoms with Gasteiger partial charge in [-0.15, -0.1) is 0 Å². The van der Waals surface area contributed by atoms with Gasteiger partial charge in [0, 0.05) is 24.5 Å². The lowest BCUT2D eigenvalue weighted by molar-refractivity contribution is -0.384. The van der Waals surface area contributed by atoms with E-state index in [2.05, 4.69) is 9.97 Å². The molecule has 8 nitrogen and oxygen atoms in total. The molecule has 1 aromatic heterocycles. The van der Waals surface area contributed by atoms with E-state index < -0.39 is 4.92 Å². The number of nitro groups is 1. The maximum absolute atomic E-state index is 11.3. The van der Waals surface area contributed by atoms with Gasteiger partial charge < -0.3 is 14.4 Å². The molecule has 0 saturated carbocycles. The predicted octanol–water partition coefficient (Wildman–Crippen LogP) is 3.95. The third kappa shape index (κ3) is 3.19. The van der Waals surface area contributed by atoms with Crippen molar-refractivity contribution in [2.75, 3.05) is 18.2 Å². The van der Waals surface area contributed by atoms with E-state index >= 15 is 0 Å². The molecule has 0 N–H and O–H groups in total. The molecular weight excluding hydrogens is 372 g/mol. The average molecular weight is 387 g/mol. The smallest absolute Gasteiger partial charge is 0.288 e. The predicted molar refractivity (Wildman–Crippen MR) is 100 cm³/mol. The third-order valence-corrected chi connectivity index (χ3v) is 4.67. The Morgan fingerprint density at radius 2 is 2.04 bits per heavy atom. The van der Waals surface area contributed by atoms with Crippen molar-refractivity contribution in [3.63, 3.8) is 0 Å². The highest BCUT2D eigenvalue weighted by atomic mass is 35.5. The Kier molecular flexibility index (Phi) is 4.41. The molecule has 2 aromatic carbocycles. The summed E-state index contributed by atoms with van der Waals surface area (Å²) in [5.74, 6) is 2.04. The van der Waals surface area contributed by atoms with Gasteiger partial charge in [-0.05, 0) is 30.7 Å². The van der Waals surface area contributed by atoms with Gasteiger partial charge in [0.15, 0.2) is 11.5 Å². The number of aromatic nitrogens is 2. The summed E-state index contributed by atoms with van der Waals surface area (Å²) in [6.45, 7) is 3.41. The second kappa shape index (κ2) is 6.88. The van der Waals surface area contributed by atoms with E-state index in [1.165, 1.54) is 18.5 Å². The van der Waals surface area contributed by atoms with Crippen LogP contribution in [0.4, 0.5) is 11.5 Å². The lowest BCUT2D eigenvalue weighted by Crippen LogP contribution is -2.23. The summed E-state index contributed by atoms with van der Waals surface area (Å²) in [6.07, 6.45) is 1.43. The molecular formula is C18H15ClN4O4. The number of halogens is 1. The summed E-state index contributed by atoms with van der Waals surface area (Å²) in [5, 5.41) is 11.9. The molecule has 0 saturated heterocycles. The Morgan fingerprint density at radius 3 is 2.81 bits per heavy atom. The van der Waals surface area contributed by atoms with E-state index in [4.69, 9.17) is 21.1 Å². The number of fused-ring (bicyclic) bond motifs is 2. The van der Waals surface area contributed by atoms with Crippen LogP contribution in [0.15, 0.2) is 36.7 Å². The van der Waals surface area contributed by atoms with Crippen molar-refractivity contribution in [2.24, 2.45) is 0 Å². The number of ether oxygens (including phenoxy) is 2. The summed E-state index contributed by atoms with van der Waals surface area (Å²) in [7, 11) is 0. The quantitative estimate of drug-likeness (QED) is 0.484. The van der Waals surface area contributed by atoms with Crippen LogP contribution < -0.4 is 14.4 Å². The Bertz CT molecular complexity index is 1040. The van der Waals surface area contributed by atoms with E-state index in [0.29, 0.717) is 35.6 Å². The van der Waals surface area contributed by atoms with Gasteiger partial charge in [0.2, 0.25) is 6.79 Å². The lowest BCUT2D eigenvalue weighted by Gasteiger charge is -2.23. The third-order valence-electron chi connectivity index (χ3n) is 4.37. The van der Waals surface area contributed by atoms with Gasteiger partial charge >= 0.3 is 0 Å². The summed E-state index contributed by atoms with van der Waals surface area (Å²) < 4.78 is 10.8. The summed E-state index contributed by atoms with van der Waals surface area (Å²) in [6, 6.07) is 8.67. The first-order valence-corrected chi connectivity index (χ1v) is 8.66. The van der Waals surface area contributed by atoms with Gasteiger partial charge in [0.1, 0.15) is 17.2 Å². The molecule has 0 spiro atoms. The standard InChI is InChI=1S/C18H15ClN4O4/c1-2-22(8-11-3-4-16-17(5-11)27-10-26-16)18-12-6-15(23(24)25)13(19)7-14(12)20-9-21-18/h3-7,9H,2,8,10H2,1H3. The van der Waals surface area contributed by atoms with Crippen molar-refractivity contribution >= 4 is 34.0 Å². The maximum atomic E-state index is 11.3. The highest BCUT2D eigenvalue weighted by molar-refractivity contribution is 6.33. The van der Waals surface area contributed by atoms with Crippen LogP contribution in [0.3, 0.4) is 0 Å². The first kappa shape index (κ1) is 17.3. The molecule has 0 radical (unpaired) electrons. The molecule has 9 heteroatoms. The van der Waals surface area contributed by atoms with Gasteiger partial charge in [-0.1, -0.05) is 17.7 Å². The van der Waals surface area contributed by atoms with Crippen LogP contribution in [0.2, 0.25) is 5.02 Å². The fourth-order valence-corrected chi connectivity index (χ4v) is 3.27. The zero-order valence-corrected chi connectivity index (χ0v) is 15.1. The molecule has 0 amide bonds. The molecule has 138 valence electrons. The minimum Gasteiger partial charge on any atom is -0.454 e. The molecule has 1 aliphatic rings. The Morgan fingerprint density at radius 1 is 1.22 bits per heavy atom. The lowest BCUT2D eigenvalue weighted by atomic mass is 10.1. The second-order valence-electron chi connectivity index (χ2n) is 5.98. The minimum atomic E-state index is -0.507. The minimum absolute atomic E-state index is 0.0518. The molecule has 2 heterocycles. The van der Waals surface area contributed by atoms with Crippen LogP contribution in [-0.2, 0) is 6.54 Å². The molecule has 0 bridgehead atoms. The SMILES string of the molecule is CCN(Cc1ccc2c(c1)OCO2)c1ncnc2cc(Cl)c([N+](=O)[O-])cc12. The van der Waals surface area contributed by atoms with E-state index in [0.717, 1.165) is 11.3 Å². The highest BCUT2D eigenvalue weighted by Crippen LogP contribution is 2.35. The largest absolute Gasteiger partial charge is 0.454 e. The molecule has 3 aromatic rings. The van der Waals surface area contributed by atoms with Crippen molar-refractivity contribution in [1.82, 2.24) is 9.97 Å². The molecule has 4 rings (SSSR count). The molecule has 0 fully saturated rings. The van der Waals surface area contributed by atoms with Crippen LogP contribution in [0, 0.1) is 10.1 Å². The zero-order valence-electron chi connectivity index (χ0n) is 14.4. The van der Waals surface area contributed by atoms with Crippen molar-refractivity contribution < 1.29 is 14.4 Å². The Hall–Kier alpha value is -3.13. The van der Waals surface area contributed by atoms with Crippen LogP contribution in [0.1, 0.15) is 12.5 Å². The van der Waals surface area contributed by atoms with Gasteiger partial charge in [0.25, 0.3) is 5.69 Å². The topological polar surface area (TPSA) is 90.6 Å². The number of hydrogen-bond donors (Lipinski definition) is 0. The first-order chi connectivity index (χ1) is 13.1. The first-order valence-electron chi connectivity index (χ1n) is 8.29. The fraction of sp³-hybridized carbons (Fsp3) is 0.222. The number of nitrogens with zero attached hydrogens (tertiary/aromatic N) is 4. The monoisotopic (exact) mass is 386 g/mol. The number of hydrogen-bond acceptors (Lipinski definition) is 7. The van der Waals surface area contributed by atoms with Gasteiger partial charge in [-0.3, -0.25) is 10.1 Å². The van der Waals surface area contributed by atoms with Crippen LogP contribution in [0.5, 0.6) is 11.5 Å². The Balaban J connectivity index is 1.74. The van der Waals surface area contributed by atoms with Crippen LogP contribution >= 0.6 is 11.6 Å². The van der Waals surface area contributed by atoms with Crippen LogP contribution in [0.25, 0.3) is 10.9 Å². The number of rotatable bonds is 5. The van der Waals surface area contributed by atoms with Crippen LogP contribution in [-0.4, -0.2) is 28.2 Å². The normalized spacial score (nSPS) is 12.4. The molecule has 1 aliphatic heterocycles. The highest BCUT2D eigenvalue weighted by Gasteiger charge is 2.20. The van der Waals surface area contributed by atoms with Gasteiger partial charge in [-0.25, -0.2) is 9.97 Å². The summed E-state index contributed by atoms with van der Waals surface area (Å²) >= 11 is 6.01. The molecule has 0 unspecified atom stereocenters. The van der Waals surface area contributed by atoms with Crippen molar-refractivity contribution in [3.8, 4) is 11.5 Å². The summed E-state index contributed by atoms with van der Waals surface area (Å²) in [5.41, 5.74) is 1.40. The molecule has 0 aliphatic carbocycles. The van der Waals surface area contributed by atoms with Crippen molar-refractivity contribution in [2.45, 2.75) is 13.5 Å². The van der Waals surface area contributed by atoms with Crippen molar-refractivity contribution in [3.05, 3.63) is 57.4 Å². The van der Waals surface area contributed by atoms with E-state index in [-0.39, 0.29) is 17.5 Å². The zero-order chi connectivity index (χ0) is 19.0. The van der Waals surface area contributed by atoms with E-state index in [9.17, 15) is 10.1 Å².